The van der Waals surface area contributed by atoms with E-state index in [2.05, 4.69) is 4.98 Å². The van der Waals surface area contributed by atoms with Crippen molar-refractivity contribution in [3.05, 3.63) is 69.7 Å². The number of hydrogen-bond donors (Lipinski definition) is 0. The van der Waals surface area contributed by atoms with Gasteiger partial charge in [-0.05, 0) is 30.3 Å². The van der Waals surface area contributed by atoms with Crippen LogP contribution in [0.25, 0.3) is 10.9 Å². The third-order valence-corrected chi connectivity index (χ3v) is 4.54. The molecule has 0 saturated heterocycles. The van der Waals surface area contributed by atoms with E-state index < -0.39 is 35.8 Å². The van der Waals surface area contributed by atoms with Crippen LogP contribution in [0.4, 0.5) is 13.2 Å². The monoisotopic (exact) mass is 440 g/mol. The molecule has 2 aromatic carbocycles. The molecule has 3 rings (SSSR count). The predicted octanol–water partition coefficient (Wildman–Crippen LogP) is 4.30. The first-order valence-corrected chi connectivity index (χ1v) is 9.12. The Balaban J connectivity index is 1.79. The first-order chi connectivity index (χ1) is 14.2. The second kappa shape index (κ2) is 8.74. The van der Waals surface area contributed by atoms with Crippen LogP contribution in [-0.4, -0.2) is 28.8 Å². The van der Waals surface area contributed by atoms with E-state index in [1.807, 2.05) is 0 Å². The number of nitrogens with zero attached hydrogens (tertiary/aromatic N) is 2. The summed E-state index contributed by atoms with van der Waals surface area (Å²) in [5.41, 5.74) is -0.348. The molecule has 0 aliphatic heterocycles. The fourth-order valence-corrected chi connectivity index (χ4v) is 3.06. The van der Waals surface area contributed by atoms with Crippen molar-refractivity contribution in [3.63, 3.8) is 0 Å². The molecule has 0 radical (unpaired) electrons. The highest BCUT2D eigenvalue weighted by atomic mass is 35.5. The molecule has 0 aliphatic rings. The van der Waals surface area contributed by atoms with Gasteiger partial charge in [-0.3, -0.25) is 14.2 Å². The summed E-state index contributed by atoms with van der Waals surface area (Å²) in [5, 5.41) is 0.370. The summed E-state index contributed by atoms with van der Waals surface area (Å²) in [5.74, 6) is -1.26. The second-order valence-corrected chi connectivity index (χ2v) is 6.74. The standard InChI is InChI=1S/C20H16ClF3N2O4/c1-29-16-7-6-12(21)10-14(16)18(20(22,23)24)30-17(27)8-9-26-11-25-15-5-3-2-4-13(15)19(26)28/h2-7,10-11,18H,8-9H2,1H3. The molecule has 1 heterocycles. The number of ether oxygens (including phenoxy) is 2. The van der Waals surface area contributed by atoms with Gasteiger partial charge in [0.15, 0.2) is 0 Å². The van der Waals surface area contributed by atoms with Gasteiger partial charge in [-0.25, -0.2) is 4.98 Å². The fraction of sp³-hybridized carbons (Fsp3) is 0.250. The van der Waals surface area contributed by atoms with Gasteiger partial charge in [0.1, 0.15) is 5.75 Å². The molecule has 158 valence electrons. The molecule has 1 unspecified atom stereocenters. The van der Waals surface area contributed by atoms with Crippen LogP contribution in [0.15, 0.2) is 53.6 Å². The molecule has 0 aliphatic carbocycles. The van der Waals surface area contributed by atoms with Crippen LogP contribution in [0, 0.1) is 0 Å². The van der Waals surface area contributed by atoms with Crippen LogP contribution >= 0.6 is 11.6 Å². The number of esters is 1. The third kappa shape index (κ3) is 4.73. The van der Waals surface area contributed by atoms with Crippen molar-refractivity contribution in [2.75, 3.05) is 7.11 Å². The number of fused-ring (bicyclic) bond motifs is 1. The number of rotatable bonds is 6. The first-order valence-electron chi connectivity index (χ1n) is 8.74. The summed E-state index contributed by atoms with van der Waals surface area (Å²) >= 11 is 5.80. The van der Waals surface area contributed by atoms with Gasteiger partial charge in [-0.15, -0.1) is 0 Å². The number of aryl methyl sites for hydroxylation is 1. The van der Waals surface area contributed by atoms with Crippen LogP contribution in [0.2, 0.25) is 5.02 Å². The highest BCUT2D eigenvalue weighted by Crippen LogP contribution is 2.41. The Kier molecular flexibility index (Phi) is 6.31. The van der Waals surface area contributed by atoms with Crippen molar-refractivity contribution in [1.82, 2.24) is 9.55 Å². The zero-order valence-corrected chi connectivity index (χ0v) is 16.4. The Labute approximate surface area is 173 Å². The van der Waals surface area contributed by atoms with Gasteiger partial charge >= 0.3 is 12.1 Å². The highest BCUT2D eigenvalue weighted by Gasteiger charge is 2.45. The lowest BCUT2D eigenvalue weighted by Gasteiger charge is -2.23. The molecule has 0 saturated carbocycles. The number of aromatic nitrogens is 2. The predicted molar refractivity (Wildman–Crippen MR) is 104 cm³/mol. The highest BCUT2D eigenvalue weighted by molar-refractivity contribution is 6.30. The number of methoxy groups -OCH3 is 1. The maximum Gasteiger partial charge on any atom is 0.429 e. The number of carbonyl (C=O) groups excluding carboxylic acids is 1. The van der Waals surface area contributed by atoms with E-state index in [-0.39, 0.29) is 17.3 Å². The molecule has 1 aromatic heterocycles. The lowest BCUT2D eigenvalue weighted by molar-refractivity contribution is -0.224. The number of para-hydroxylation sites is 1. The average Bonchev–Trinajstić information content (AvgIpc) is 2.71. The SMILES string of the molecule is COc1ccc(Cl)cc1C(OC(=O)CCn1cnc2ccccc2c1=O)C(F)(F)F. The molecule has 30 heavy (non-hydrogen) atoms. The Morgan fingerprint density at radius 2 is 1.97 bits per heavy atom. The number of alkyl halides is 3. The molecule has 1 atom stereocenters. The topological polar surface area (TPSA) is 70.4 Å². The molecule has 0 amide bonds. The normalized spacial score (nSPS) is 12.6. The smallest absolute Gasteiger partial charge is 0.429 e. The average molecular weight is 441 g/mol. The maximum atomic E-state index is 13.6. The zero-order chi connectivity index (χ0) is 21.9. The van der Waals surface area contributed by atoms with Crippen LogP contribution < -0.4 is 10.3 Å². The van der Waals surface area contributed by atoms with E-state index in [1.165, 1.54) is 25.6 Å². The molecule has 3 aromatic rings. The van der Waals surface area contributed by atoms with Gasteiger partial charge in [0.25, 0.3) is 5.56 Å². The van der Waals surface area contributed by atoms with Crippen molar-refractivity contribution in [2.45, 2.75) is 25.2 Å². The minimum absolute atomic E-state index is 0.0323. The van der Waals surface area contributed by atoms with Crippen molar-refractivity contribution in [1.29, 1.82) is 0 Å². The quantitative estimate of drug-likeness (QED) is 0.535. The Hall–Kier alpha value is -3.07. The molecule has 6 nitrogen and oxygen atoms in total. The lowest BCUT2D eigenvalue weighted by Crippen LogP contribution is -2.28. The summed E-state index contributed by atoms with van der Waals surface area (Å²) in [7, 11) is 1.20. The number of hydrogen-bond acceptors (Lipinski definition) is 5. The molecule has 0 spiro atoms. The van der Waals surface area contributed by atoms with Crippen molar-refractivity contribution in [2.24, 2.45) is 0 Å². The molecule has 0 fully saturated rings. The summed E-state index contributed by atoms with van der Waals surface area (Å²) in [6.07, 6.45) is -6.69. The fourth-order valence-electron chi connectivity index (χ4n) is 2.88. The van der Waals surface area contributed by atoms with E-state index in [1.54, 1.807) is 24.3 Å². The zero-order valence-electron chi connectivity index (χ0n) is 15.6. The van der Waals surface area contributed by atoms with Gasteiger partial charge in [0, 0.05) is 17.1 Å². The summed E-state index contributed by atoms with van der Waals surface area (Å²) in [6.45, 7) is -0.188. The summed E-state index contributed by atoms with van der Waals surface area (Å²) in [4.78, 5) is 28.7. The second-order valence-electron chi connectivity index (χ2n) is 6.31. The minimum Gasteiger partial charge on any atom is -0.496 e. The number of halogens is 4. The van der Waals surface area contributed by atoms with Crippen LogP contribution in [0.5, 0.6) is 5.75 Å². The van der Waals surface area contributed by atoms with Crippen LogP contribution in [0.1, 0.15) is 18.1 Å². The van der Waals surface area contributed by atoms with E-state index in [0.717, 1.165) is 10.6 Å². The van der Waals surface area contributed by atoms with Gasteiger partial charge in [0.2, 0.25) is 6.10 Å². The minimum atomic E-state index is -4.89. The molecule has 0 N–H and O–H groups in total. The number of carbonyl (C=O) groups is 1. The molecular formula is C20H16ClF3N2O4. The maximum absolute atomic E-state index is 13.6. The van der Waals surface area contributed by atoms with Crippen molar-refractivity contribution in [3.8, 4) is 5.75 Å². The van der Waals surface area contributed by atoms with Crippen LogP contribution in [-0.2, 0) is 16.1 Å². The van der Waals surface area contributed by atoms with E-state index in [0.29, 0.717) is 10.9 Å². The Morgan fingerprint density at radius 1 is 1.23 bits per heavy atom. The van der Waals surface area contributed by atoms with Crippen molar-refractivity contribution >= 4 is 28.5 Å². The molecule has 0 bridgehead atoms. The molecular weight excluding hydrogens is 425 g/mol. The van der Waals surface area contributed by atoms with Crippen molar-refractivity contribution < 1.29 is 27.4 Å². The van der Waals surface area contributed by atoms with Gasteiger partial charge in [0.05, 0.1) is 30.8 Å². The van der Waals surface area contributed by atoms with Gasteiger partial charge in [-0.2, -0.15) is 13.2 Å². The first kappa shape index (κ1) is 21.6. The largest absolute Gasteiger partial charge is 0.496 e. The number of benzene rings is 2. The van der Waals surface area contributed by atoms with Gasteiger partial charge < -0.3 is 9.47 Å². The molecule has 10 heteroatoms. The third-order valence-electron chi connectivity index (χ3n) is 4.31. The van der Waals surface area contributed by atoms with Gasteiger partial charge in [-0.1, -0.05) is 23.7 Å². The lowest BCUT2D eigenvalue weighted by atomic mass is 10.1. The summed E-state index contributed by atoms with van der Waals surface area (Å²) < 4.78 is 51.5. The van der Waals surface area contributed by atoms with E-state index >= 15 is 0 Å². The Bertz CT molecular complexity index is 1130. The Morgan fingerprint density at radius 3 is 2.67 bits per heavy atom. The summed E-state index contributed by atoms with van der Waals surface area (Å²) in [6, 6.07) is 10.3. The van der Waals surface area contributed by atoms with Crippen LogP contribution in [0.3, 0.4) is 0 Å². The van der Waals surface area contributed by atoms with E-state index in [9.17, 15) is 22.8 Å². The van der Waals surface area contributed by atoms with E-state index in [4.69, 9.17) is 21.1 Å².